The number of hydrogen-bond donors (Lipinski definition) is 0. The molecule has 0 unspecified atom stereocenters. The lowest BCUT2D eigenvalue weighted by atomic mass is 9.96. The van der Waals surface area contributed by atoms with Gasteiger partial charge in [0.1, 0.15) is 0 Å². The number of rotatable bonds is 4. The maximum absolute atomic E-state index is 5.23. The Morgan fingerprint density at radius 2 is 0.889 bits per heavy atom. The molecule has 3 nitrogen and oxygen atoms in total. The largest absolute Gasteiger partial charge is 0.309 e. The van der Waals surface area contributed by atoms with Gasteiger partial charge in [-0.1, -0.05) is 127 Å². The molecule has 0 saturated heterocycles. The summed E-state index contributed by atoms with van der Waals surface area (Å²) in [4.78, 5) is 10.4. The number of para-hydroxylation sites is 2. The van der Waals surface area contributed by atoms with Crippen molar-refractivity contribution in [2.75, 3.05) is 0 Å². The van der Waals surface area contributed by atoms with Crippen LogP contribution in [0.5, 0.6) is 0 Å². The summed E-state index contributed by atoms with van der Waals surface area (Å²) in [7, 11) is 0. The summed E-state index contributed by atoms with van der Waals surface area (Å²) in [6.07, 6.45) is 0. The highest BCUT2D eigenvalue weighted by Crippen LogP contribution is 2.36. The molecule has 0 radical (unpaired) electrons. The summed E-state index contributed by atoms with van der Waals surface area (Å²) in [6.45, 7) is 0. The van der Waals surface area contributed by atoms with Crippen LogP contribution in [-0.4, -0.2) is 14.5 Å². The van der Waals surface area contributed by atoms with E-state index in [2.05, 4.69) is 162 Å². The van der Waals surface area contributed by atoms with Gasteiger partial charge in [-0.2, -0.15) is 0 Å². The lowest BCUT2D eigenvalue weighted by molar-refractivity contribution is 1.17. The molecule has 0 atom stereocenters. The highest BCUT2D eigenvalue weighted by molar-refractivity contribution is 6.13. The quantitative estimate of drug-likeness (QED) is 0.196. The van der Waals surface area contributed by atoms with Gasteiger partial charge in [0.05, 0.1) is 22.4 Å². The third-order valence-corrected chi connectivity index (χ3v) is 8.81. The number of hydrogen-bond acceptors (Lipinski definition) is 2. The molecule has 0 saturated carbocycles. The smallest absolute Gasteiger partial charge is 0.161 e. The van der Waals surface area contributed by atoms with Gasteiger partial charge in [0, 0.05) is 33.2 Å². The molecule has 0 aliphatic rings. The molecule has 45 heavy (non-hydrogen) atoms. The van der Waals surface area contributed by atoms with E-state index in [-0.39, 0.29) is 0 Å². The second-order valence-electron chi connectivity index (χ2n) is 11.4. The first-order valence-electron chi connectivity index (χ1n) is 15.3. The van der Waals surface area contributed by atoms with Crippen molar-refractivity contribution in [2.45, 2.75) is 0 Å². The van der Waals surface area contributed by atoms with E-state index in [4.69, 9.17) is 9.97 Å². The first kappa shape index (κ1) is 25.4. The number of benzene rings is 7. The molecule has 0 N–H and O–H groups in total. The molecule has 9 rings (SSSR count). The maximum atomic E-state index is 5.23. The molecule has 3 heteroatoms. The fourth-order valence-electron chi connectivity index (χ4n) is 6.69. The summed E-state index contributed by atoms with van der Waals surface area (Å²) in [5.74, 6) is 0.722. The average Bonchev–Trinajstić information content (AvgIpc) is 3.46. The average molecular weight is 574 g/mol. The number of fused-ring (bicyclic) bond motifs is 6. The van der Waals surface area contributed by atoms with E-state index >= 15 is 0 Å². The minimum Gasteiger partial charge on any atom is -0.309 e. The summed E-state index contributed by atoms with van der Waals surface area (Å²) in [6, 6.07) is 57.8. The van der Waals surface area contributed by atoms with Crippen molar-refractivity contribution in [3.8, 4) is 39.6 Å². The highest BCUT2D eigenvalue weighted by atomic mass is 15.0. The Morgan fingerprint density at radius 1 is 0.378 bits per heavy atom. The van der Waals surface area contributed by atoms with Gasteiger partial charge in [0.2, 0.25) is 0 Å². The highest BCUT2D eigenvalue weighted by Gasteiger charge is 2.16. The van der Waals surface area contributed by atoms with Crippen LogP contribution < -0.4 is 0 Å². The van der Waals surface area contributed by atoms with Gasteiger partial charge in [0.15, 0.2) is 5.82 Å². The van der Waals surface area contributed by atoms with E-state index in [1.54, 1.807) is 0 Å². The SMILES string of the molecule is c1ccc(-c2cc(-c3ccc(-n4c5ccccc5c5ccccc54)cc3)nc(-c3cc4ccccc4c4ccccc34)n2)cc1. The van der Waals surface area contributed by atoms with E-state index < -0.39 is 0 Å². The molecule has 0 fully saturated rings. The van der Waals surface area contributed by atoms with Crippen molar-refractivity contribution in [3.63, 3.8) is 0 Å². The third-order valence-electron chi connectivity index (χ3n) is 8.81. The lowest BCUT2D eigenvalue weighted by Gasteiger charge is -2.13. The second kappa shape index (κ2) is 10.3. The molecular weight excluding hydrogens is 546 g/mol. The molecule has 7 aromatic carbocycles. The monoisotopic (exact) mass is 573 g/mol. The van der Waals surface area contributed by atoms with Crippen LogP contribution in [0.2, 0.25) is 0 Å². The Balaban J connectivity index is 1.23. The van der Waals surface area contributed by atoms with E-state index in [0.29, 0.717) is 0 Å². The van der Waals surface area contributed by atoms with Gasteiger partial charge < -0.3 is 4.57 Å². The zero-order chi connectivity index (χ0) is 29.7. The lowest BCUT2D eigenvalue weighted by Crippen LogP contribution is -1.98. The van der Waals surface area contributed by atoms with E-state index in [0.717, 1.165) is 45.0 Å². The van der Waals surface area contributed by atoms with Crippen LogP contribution >= 0.6 is 0 Å². The molecule has 2 heterocycles. The molecule has 0 amide bonds. The Labute approximate surface area is 260 Å². The second-order valence-corrected chi connectivity index (χ2v) is 11.4. The van der Waals surface area contributed by atoms with Crippen molar-refractivity contribution in [1.82, 2.24) is 14.5 Å². The van der Waals surface area contributed by atoms with Gasteiger partial charge in [-0.25, -0.2) is 9.97 Å². The topological polar surface area (TPSA) is 30.7 Å². The van der Waals surface area contributed by atoms with Crippen molar-refractivity contribution < 1.29 is 0 Å². The fourth-order valence-corrected chi connectivity index (χ4v) is 6.69. The Bertz CT molecular complexity index is 2470. The van der Waals surface area contributed by atoms with Crippen molar-refractivity contribution in [2.24, 2.45) is 0 Å². The first-order valence-corrected chi connectivity index (χ1v) is 15.3. The molecular formula is C42H27N3. The molecule has 2 aromatic heterocycles. The fraction of sp³-hybridized carbons (Fsp3) is 0. The predicted octanol–water partition coefficient (Wildman–Crippen LogP) is 10.9. The normalized spacial score (nSPS) is 11.6. The minimum absolute atomic E-state index is 0.722. The number of aromatic nitrogens is 3. The molecule has 0 bridgehead atoms. The molecule has 9 aromatic rings. The van der Waals surface area contributed by atoms with Crippen LogP contribution in [0.4, 0.5) is 0 Å². The first-order chi connectivity index (χ1) is 22.3. The van der Waals surface area contributed by atoms with Crippen molar-refractivity contribution in [1.29, 1.82) is 0 Å². The predicted molar refractivity (Wildman–Crippen MR) is 188 cm³/mol. The molecule has 0 aliphatic heterocycles. The van der Waals surface area contributed by atoms with Crippen LogP contribution in [0, 0.1) is 0 Å². The van der Waals surface area contributed by atoms with E-state index in [1.807, 2.05) is 6.07 Å². The summed E-state index contributed by atoms with van der Waals surface area (Å²) in [5.41, 5.74) is 8.46. The van der Waals surface area contributed by atoms with Crippen LogP contribution in [0.25, 0.3) is 82.9 Å². The van der Waals surface area contributed by atoms with Gasteiger partial charge in [-0.05, 0) is 57.9 Å². The van der Waals surface area contributed by atoms with Gasteiger partial charge >= 0.3 is 0 Å². The Kier molecular flexibility index (Phi) is 5.82. The Hall–Kier alpha value is -6.06. The standard InChI is InChI=1S/C42H27N3/c1-2-12-28(13-3-1)38-27-39(44-42(43-38)37-26-30-14-4-5-15-32(30)33-16-6-7-17-34(33)37)29-22-24-31(25-23-29)45-40-20-10-8-18-35(40)36-19-9-11-21-41(36)45/h1-27H. The number of nitrogens with zero attached hydrogens (tertiary/aromatic N) is 3. The van der Waals surface area contributed by atoms with Crippen LogP contribution in [0.15, 0.2) is 164 Å². The van der Waals surface area contributed by atoms with Gasteiger partial charge in [-0.3, -0.25) is 0 Å². The van der Waals surface area contributed by atoms with Gasteiger partial charge in [0.25, 0.3) is 0 Å². The van der Waals surface area contributed by atoms with E-state index in [9.17, 15) is 0 Å². The Morgan fingerprint density at radius 3 is 1.56 bits per heavy atom. The molecule has 210 valence electrons. The van der Waals surface area contributed by atoms with Crippen LogP contribution in [0.3, 0.4) is 0 Å². The summed E-state index contributed by atoms with van der Waals surface area (Å²) >= 11 is 0. The summed E-state index contributed by atoms with van der Waals surface area (Å²) in [5, 5.41) is 7.28. The molecule has 0 spiro atoms. The van der Waals surface area contributed by atoms with E-state index in [1.165, 1.54) is 38.0 Å². The zero-order valence-electron chi connectivity index (χ0n) is 24.4. The van der Waals surface area contributed by atoms with Gasteiger partial charge in [-0.15, -0.1) is 0 Å². The maximum Gasteiger partial charge on any atom is 0.161 e. The third kappa shape index (κ3) is 4.21. The summed E-state index contributed by atoms with van der Waals surface area (Å²) < 4.78 is 2.34. The minimum atomic E-state index is 0.722. The van der Waals surface area contributed by atoms with Crippen LogP contribution in [0.1, 0.15) is 0 Å². The van der Waals surface area contributed by atoms with Crippen molar-refractivity contribution in [3.05, 3.63) is 164 Å². The zero-order valence-corrected chi connectivity index (χ0v) is 24.4. The van der Waals surface area contributed by atoms with Crippen LogP contribution in [-0.2, 0) is 0 Å². The van der Waals surface area contributed by atoms with Crippen molar-refractivity contribution >= 4 is 43.4 Å². The molecule has 0 aliphatic carbocycles.